The molecular formula is C25H28N2O5. The van der Waals surface area contributed by atoms with E-state index in [9.17, 15) is 14.4 Å². The van der Waals surface area contributed by atoms with Crippen LogP contribution >= 0.6 is 0 Å². The maximum absolute atomic E-state index is 12.9. The number of hydrogen-bond acceptors (Lipinski definition) is 4. The summed E-state index contributed by atoms with van der Waals surface area (Å²) in [6, 6.07) is 16.2. The molecule has 1 saturated heterocycles. The summed E-state index contributed by atoms with van der Waals surface area (Å²) in [5.41, 5.74) is 3.46. The molecule has 7 heteroatoms. The third-order valence-electron chi connectivity index (χ3n) is 6.61. The molecule has 0 bridgehead atoms. The SMILES string of the molecule is CCC(C)(NC(=O)OCC1c2ccccc2-c2ccccc21)C(=O)N1CC(CC(=O)O)C1. The zero-order valence-electron chi connectivity index (χ0n) is 18.3. The number of amides is 2. The van der Waals surface area contributed by atoms with Gasteiger partial charge in [-0.3, -0.25) is 9.59 Å². The van der Waals surface area contributed by atoms with E-state index >= 15 is 0 Å². The Morgan fingerprint density at radius 3 is 2.16 bits per heavy atom. The predicted octanol–water partition coefficient (Wildman–Crippen LogP) is 3.63. The van der Waals surface area contributed by atoms with Crippen LogP contribution in [0.4, 0.5) is 4.79 Å². The summed E-state index contributed by atoms with van der Waals surface area (Å²) in [5.74, 6) is -1.16. The Hall–Kier alpha value is -3.35. The topological polar surface area (TPSA) is 95.9 Å². The molecule has 4 rings (SSSR count). The van der Waals surface area contributed by atoms with Crippen LogP contribution < -0.4 is 5.32 Å². The van der Waals surface area contributed by atoms with Gasteiger partial charge in [0, 0.05) is 24.9 Å². The Kier molecular flexibility index (Phi) is 5.91. The van der Waals surface area contributed by atoms with Gasteiger partial charge in [-0.25, -0.2) is 4.79 Å². The molecule has 32 heavy (non-hydrogen) atoms. The van der Waals surface area contributed by atoms with Crippen molar-refractivity contribution in [2.75, 3.05) is 19.7 Å². The van der Waals surface area contributed by atoms with Crippen LogP contribution in [0.25, 0.3) is 11.1 Å². The number of alkyl carbamates (subject to hydrolysis) is 1. The number of fused-ring (bicyclic) bond motifs is 3. The van der Waals surface area contributed by atoms with Crippen LogP contribution in [0, 0.1) is 5.92 Å². The fourth-order valence-corrected chi connectivity index (χ4v) is 4.61. The Morgan fingerprint density at radius 2 is 1.62 bits per heavy atom. The van der Waals surface area contributed by atoms with E-state index in [1.54, 1.807) is 11.8 Å². The summed E-state index contributed by atoms with van der Waals surface area (Å²) in [4.78, 5) is 38.0. The van der Waals surface area contributed by atoms with Gasteiger partial charge < -0.3 is 20.1 Å². The molecule has 2 aliphatic rings. The van der Waals surface area contributed by atoms with E-state index in [1.807, 2.05) is 31.2 Å². The maximum atomic E-state index is 12.9. The highest BCUT2D eigenvalue weighted by Gasteiger charge is 2.42. The van der Waals surface area contributed by atoms with Crippen molar-refractivity contribution in [1.29, 1.82) is 0 Å². The number of ether oxygens (including phenoxy) is 1. The van der Waals surface area contributed by atoms with Gasteiger partial charge in [0.15, 0.2) is 0 Å². The molecule has 168 valence electrons. The molecule has 2 N–H and O–H groups in total. The van der Waals surface area contributed by atoms with Gasteiger partial charge in [-0.15, -0.1) is 0 Å². The number of aliphatic carboxylic acids is 1. The van der Waals surface area contributed by atoms with E-state index in [0.717, 1.165) is 22.3 Å². The van der Waals surface area contributed by atoms with Gasteiger partial charge in [-0.1, -0.05) is 55.5 Å². The van der Waals surface area contributed by atoms with Crippen molar-refractivity contribution >= 4 is 18.0 Å². The number of carbonyl (C=O) groups excluding carboxylic acids is 2. The molecule has 0 aromatic heterocycles. The highest BCUT2D eigenvalue weighted by Crippen LogP contribution is 2.44. The van der Waals surface area contributed by atoms with E-state index in [2.05, 4.69) is 29.6 Å². The van der Waals surface area contributed by atoms with Crippen molar-refractivity contribution in [3.8, 4) is 11.1 Å². The second kappa shape index (κ2) is 8.65. The number of rotatable bonds is 7. The first-order chi connectivity index (χ1) is 15.3. The normalized spacial score (nSPS) is 17.0. The van der Waals surface area contributed by atoms with E-state index in [0.29, 0.717) is 19.5 Å². The second-order valence-corrected chi connectivity index (χ2v) is 8.81. The lowest BCUT2D eigenvalue weighted by atomic mass is 9.90. The van der Waals surface area contributed by atoms with E-state index < -0.39 is 17.6 Å². The summed E-state index contributed by atoms with van der Waals surface area (Å²) in [5, 5.41) is 11.6. The first-order valence-electron chi connectivity index (χ1n) is 11.0. The van der Waals surface area contributed by atoms with Gasteiger partial charge in [0.2, 0.25) is 5.91 Å². The quantitative estimate of drug-likeness (QED) is 0.691. The van der Waals surface area contributed by atoms with Crippen molar-refractivity contribution in [2.45, 2.75) is 38.1 Å². The van der Waals surface area contributed by atoms with Crippen molar-refractivity contribution in [1.82, 2.24) is 10.2 Å². The van der Waals surface area contributed by atoms with Crippen molar-refractivity contribution in [3.63, 3.8) is 0 Å². The fourth-order valence-electron chi connectivity index (χ4n) is 4.61. The number of carboxylic acid groups (broad SMARTS) is 1. The third kappa shape index (κ3) is 4.07. The van der Waals surface area contributed by atoms with Gasteiger partial charge in [0.05, 0.1) is 6.42 Å². The molecule has 7 nitrogen and oxygen atoms in total. The highest BCUT2D eigenvalue weighted by atomic mass is 16.5. The van der Waals surface area contributed by atoms with Crippen LogP contribution in [0.2, 0.25) is 0 Å². The monoisotopic (exact) mass is 436 g/mol. The Morgan fingerprint density at radius 1 is 1.06 bits per heavy atom. The molecule has 2 amide bonds. The number of carboxylic acids is 1. The molecule has 1 aliphatic heterocycles. The minimum absolute atomic E-state index is 0.0352. The van der Waals surface area contributed by atoms with Gasteiger partial charge >= 0.3 is 12.1 Å². The summed E-state index contributed by atoms with van der Waals surface area (Å²) >= 11 is 0. The van der Waals surface area contributed by atoms with Crippen LogP contribution in [0.1, 0.15) is 43.7 Å². The number of carbonyl (C=O) groups is 3. The number of nitrogens with one attached hydrogen (secondary N) is 1. The Balaban J connectivity index is 1.38. The fraction of sp³-hybridized carbons (Fsp3) is 0.400. The minimum Gasteiger partial charge on any atom is -0.481 e. The standard InChI is InChI=1S/C25H28N2O5/c1-3-25(2,23(30)27-13-16(14-27)12-22(28)29)26-24(31)32-15-21-19-10-6-4-8-17(19)18-9-5-7-11-20(18)21/h4-11,16,21H,3,12-15H2,1-2H3,(H,26,31)(H,28,29). The average molecular weight is 437 g/mol. The Bertz CT molecular complexity index is 1000. The van der Waals surface area contributed by atoms with Crippen LogP contribution in [-0.2, 0) is 14.3 Å². The number of nitrogens with zero attached hydrogens (tertiary/aromatic N) is 1. The zero-order chi connectivity index (χ0) is 22.9. The van der Waals surface area contributed by atoms with Gasteiger partial charge in [-0.05, 0) is 35.6 Å². The minimum atomic E-state index is -1.10. The average Bonchev–Trinajstić information content (AvgIpc) is 3.07. The van der Waals surface area contributed by atoms with E-state index in [-0.39, 0.29) is 30.8 Å². The molecule has 1 atom stereocenters. The van der Waals surface area contributed by atoms with E-state index in [4.69, 9.17) is 9.84 Å². The molecule has 2 aromatic carbocycles. The second-order valence-electron chi connectivity index (χ2n) is 8.81. The molecule has 0 saturated carbocycles. The summed E-state index contributed by atoms with van der Waals surface area (Å²) in [6.45, 7) is 4.48. The highest BCUT2D eigenvalue weighted by molar-refractivity contribution is 5.90. The van der Waals surface area contributed by atoms with Gasteiger partial charge in [-0.2, -0.15) is 0 Å². The van der Waals surface area contributed by atoms with Crippen molar-refractivity contribution < 1.29 is 24.2 Å². The number of benzene rings is 2. The molecule has 0 spiro atoms. The summed E-state index contributed by atoms with van der Waals surface area (Å²) in [7, 11) is 0. The lowest BCUT2D eigenvalue weighted by molar-refractivity contribution is -0.148. The zero-order valence-corrected chi connectivity index (χ0v) is 18.3. The number of likely N-dealkylation sites (tertiary alicyclic amines) is 1. The lowest BCUT2D eigenvalue weighted by Crippen LogP contribution is -2.63. The predicted molar refractivity (Wildman–Crippen MR) is 119 cm³/mol. The third-order valence-corrected chi connectivity index (χ3v) is 6.61. The first-order valence-corrected chi connectivity index (χ1v) is 11.0. The maximum Gasteiger partial charge on any atom is 0.408 e. The van der Waals surface area contributed by atoms with Crippen LogP contribution in [-0.4, -0.2) is 53.2 Å². The molecule has 1 heterocycles. The lowest BCUT2D eigenvalue weighted by Gasteiger charge is -2.43. The van der Waals surface area contributed by atoms with Crippen molar-refractivity contribution in [2.24, 2.45) is 5.92 Å². The number of hydrogen-bond donors (Lipinski definition) is 2. The largest absolute Gasteiger partial charge is 0.481 e. The van der Waals surface area contributed by atoms with E-state index in [1.165, 1.54) is 0 Å². The summed E-state index contributed by atoms with van der Waals surface area (Å²) in [6.07, 6.45) is -0.185. The molecule has 2 aromatic rings. The molecule has 1 fully saturated rings. The molecular weight excluding hydrogens is 408 g/mol. The van der Waals surface area contributed by atoms with Crippen LogP contribution in [0.5, 0.6) is 0 Å². The molecule has 0 radical (unpaired) electrons. The molecule has 1 unspecified atom stereocenters. The summed E-state index contributed by atoms with van der Waals surface area (Å²) < 4.78 is 5.59. The van der Waals surface area contributed by atoms with Crippen LogP contribution in [0.3, 0.4) is 0 Å². The first kappa shape index (κ1) is 21.9. The van der Waals surface area contributed by atoms with Crippen molar-refractivity contribution in [3.05, 3.63) is 59.7 Å². The van der Waals surface area contributed by atoms with Crippen LogP contribution in [0.15, 0.2) is 48.5 Å². The molecule has 1 aliphatic carbocycles. The van der Waals surface area contributed by atoms with Gasteiger partial charge in [0.25, 0.3) is 0 Å². The smallest absolute Gasteiger partial charge is 0.408 e. The Labute approximate surface area is 187 Å². The van der Waals surface area contributed by atoms with Gasteiger partial charge in [0.1, 0.15) is 12.1 Å².